The fourth-order valence-electron chi connectivity index (χ4n) is 2.44. The predicted molar refractivity (Wildman–Crippen MR) is 98.3 cm³/mol. The lowest BCUT2D eigenvalue weighted by Gasteiger charge is -2.10. The van der Waals surface area contributed by atoms with E-state index in [0.29, 0.717) is 28.6 Å². The van der Waals surface area contributed by atoms with Crippen LogP contribution in [-0.4, -0.2) is 33.9 Å². The first-order chi connectivity index (χ1) is 12.4. The van der Waals surface area contributed by atoms with E-state index >= 15 is 0 Å². The number of ether oxygens (including phenoxy) is 1. The van der Waals surface area contributed by atoms with Gasteiger partial charge in [-0.05, 0) is 41.1 Å². The topological polar surface area (TPSA) is 77.5 Å². The van der Waals surface area contributed by atoms with Gasteiger partial charge in [0.05, 0.1) is 13.2 Å². The number of nitrogens with one attached hydrogen (secondary N) is 1. The van der Waals surface area contributed by atoms with Crippen molar-refractivity contribution in [2.45, 2.75) is 25.6 Å². The van der Waals surface area contributed by atoms with E-state index < -0.39 is 12.7 Å². The van der Waals surface area contributed by atoms with Crippen LogP contribution in [0.4, 0.5) is 14.6 Å². The van der Waals surface area contributed by atoms with Crippen LogP contribution in [0.25, 0.3) is 5.52 Å². The summed E-state index contributed by atoms with van der Waals surface area (Å²) in [6.07, 6.45) is 0.247. The largest absolute Gasteiger partial charge is 0.363 e. The minimum absolute atomic E-state index is 0.0283. The van der Waals surface area contributed by atoms with Crippen molar-refractivity contribution >= 4 is 45.9 Å². The molecule has 0 aromatic carbocycles. The molecule has 0 radical (unpaired) electrons. The van der Waals surface area contributed by atoms with Crippen molar-refractivity contribution in [3.05, 3.63) is 44.5 Å². The molecule has 11 heteroatoms. The Labute approximate surface area is 161 Å². The molecule has 26 heavy (non-hydrogen) atoms. The molecule has 1 atom stereocenters. The third kappa shape index (κ3) is 4.60. The number of nitrogens with two attached hydrogens (primary N) is 1. The van der Waals surface area contributed by atoms with Crippen molar-refractivity contribution in [1.82, 2.24) is 14.6 Å². The lowest BCUT2D eigenvalue weighted by Crippen LogP contribution is -2.29. The highest BCUT2D eigenvalue weighted by molar-refractivity contribution is 7.09. The SMILES string of the molecule is N[C@@H](COC(F)F)Cc1cc2c(NCc3cccs3)nc(Cl)nn2c1Cl. The zero-order chi connectivity index (χ0) is 18.7. The Bertz CT molecular complexity index is 875. The normalized spacial score (nSPS) is 12.8. The molecule has 0 aliphatic heterocycles. The summed E-state index contributed by atoms with van der Waals surface area (Å²) in [5.41, 5.74) is 7.10. The number of fused-ring (bicyclic) bond motifs is 1. The quantitative estimate of drug-likeness (QED) is 0.577. The van der Waals surface area contributed by atoms with E-state index in [9.17, 15) is 8.78 Å². The van der Waals surface area contributed by atoms with Crippen LogP contribution in [0.5, 0.6) is 0 Å². The molecule has 0 bridgehead atoms. The fourth-order valence-corrected chi connectivity index (χ4v) is 3.51. The first-order valence-corrected chi connectivity index (χ1v) is 9.23. The van der Waals surface area contributed by atoms with Gasteiger partial charge >= 0.3 is 6.61 Å². The van der Waals surface area contributed by atoms with Gasteiger partial charge in [0.25, 0.3) is 0 Å². The molecule has 3 aromatic heterocycles. The maximum absolute atomic E-state index is 12.1. The van der Waals surface area contributed by atoms with E-state index in [4.69, 9.17) is 28.9 Å². The maximum Gasteiger partial charge on any atom is 0.345 e. The number of alkyl halides is 2. The molecule has 3 N–H and O–H groups in total. The minimum Gasteiger partial charge on any atom is -0.363 e. The Balaban J connectivity index is 1.83. The molecule has 0 spiro atoms. The third-order valence-electron chi connectivity index (χ3n) is 3.55. The Morgan fingerprint density at radius 2 is 2.19 bits per heavy atom. The Hall–Kier alpha value is -1.52. The Morgan fingerprint density at radius 3 is 2.88 bits per heavy atom. The number of rotatable bonds is 8. The lowest BCUT2D eigenvalue weighted by molar-refractivity contribution is -0.131. The van der Waals surface area contributed by atoms with Crippen LogP contribution >= 0.6 is 34.5 Å². The molecule has 3 rings (SSSR count). The summed E-state index contributed by atoms with van der Waals surface area (Å²) in [5, 5.41) is 9.61. The van der Waals surface area contributed by atoms with Crippen molar-refractivity contribution in [3.8, 4) is 0 Å². The zero-order valence-corrected chi connectivity index (χ0v) is 15.7. The monoisotopic (exact) mass is 421 g/mol. The van der Waals surface area contributed by atoms with E-state index in [1.165, 1.54) is 4.52 Å². The highest BCUT2D eigenvalue weighted by Gasteiger charge is 2.18. The van der Waals surface area contributed by atoms with Gasteiger partial charge in [-0.3, -0.25) is 0 Å². The summed E-state index contributed by atoms with van der Waals surface area (Å²) in [4.78, 5) is 5.33. The average molecular weight is 422 g/mol. The van der Waals surface area contributed by atoms with Crippen LogP contribution in [0, 0.1) is 0 Å². The van der Waals surface area contributed by atoms with Gasteiger partial charge in [0.1, 0.15) is 10.7 Å². The molecule has 3 heterocycles. The zero-order valence-electron chi connectivity index (χ0n) is 13.3. The summed E-state index contributed by atoms with van der Waals surface area (Å²) in [6.45, 7) is -2.57. The number of nitrogens with zero attached hydrogens (tertiary/aromatic N) is 3. The molecule has 0 amide bonds. The van der Waals surface area contributed by atoms with Gasteiger partial charge in [-0.1, -0.05) is 17.7 Å². The van der Waals surface area contributed by atoms with Crippen LogP contribution < -0.4 is 11.1 Å². The highest BCUT2D eigenvalue weighted by Crippen LogP contribution is 2.27. The average Bonchev–Trinajstić information content (AvgIpc) is 3.21. The van der Waals surface area contributed by atoms with Gasteiger partial charge in [0.15, 0.2) is 5.82 Å². The van der Waals surface area contributed by atoms with E-state index in [1.54, 1.807) is 17.4 Å². The van der Waals surface area contributed by atoms with E-state index in [-0.39, 0.29) is 18.3 Å². The molecular formula is C15H15Cl2F2N5OS. The molecule has 0 unspecified atom stereocenters. The number of aromatic nitrogens is 3. The van der Waals surface area contributed by atoms with Crippen molar-refractivity contribution in [1.29, 1.82) is 0 Å². The summed E-state index contributed by atoms with van der Waals surface area (Å²) in [7, 11) is 0. The Morgan fingerprint density at radius 1 is 1.38 bits per heavy atom. The summed E-state index contributed by atoms with van der Waals surface area (Å²) < 4.78 is 30.0. The highest BCUT2D eigenvalue weighted by atomic mass is 35.5. The molecule has 0 saturated carbocycles. The second-order valence-corrected chi connectivity index (χ2v) is 7.21. The Kier molecular flexibility index (Phi) is 6.25. The van der Waals surface area contributed by atoms with Crippen LogP contribution in [0.1, 0.15) is 10.4 Å². The number of thiophene rings is 1. The van der Waals surface area contributed by atoms with E-state index in [2.05, 4.69) is 20.1 Å². The van der Waals surface area contributed by atoms with Gasteiger partial charge in [0.2, 0.25) is 5.28 Å². The van der Waals surface area contributed by atoms with Gasteiger partial charge in [-0.2, -0.15) is 13.8 Å². The van der Waals surface area contributed by atoms with Gasteiger partial charge in [-0.15, -0.1) is 16.4 Å². The third-order valence-corrected chi connectivity index (χ3v) is 4.99. The van der Waals surface area contributed by atoms with Crippen molar-refractivity contribution in [2.24, 2.45) is 5.73 Å². The number of anilines is 1. The number of halogens is 4. The van der Waals surface area contributed by atoms with Crippen LogP contribution in [-0.2, 0) is 17.7 Å². The molecule has 0 saturated heterocycles. The van der Waals surface area contributed by atoms with Gasteiger partial charge in [-0.25, -0.2) is 4.52 Å². The summed E-state index contributed by atoms with van der Waals surface area (Å²) in [6, 6.07) is 5.08. The fraction of sp³-hybridized carbons (Fsp3) is 0.333. The van der Waals surface area contributed by atoms with Crippen LogP contribution in [0.15, 0.2) is 23.6 Å². The molecule has 3 aromatic rings. The maximum atomic E-state index is 12.1. The number of hydrogen-bond acceptors (Lipinski definition) is 6. The van der Waals surface area contributed by atoms with Gasteiger partial charge < -0.3 is 15.8 Å². The molecule has 6 nitrogen and oxygen atoms in total. The molecule has 140 valence electrons. The van der Waals surface area contributed by atoms with E-state index in [1.807, 2.05) is 17.5 Å². The van der Waals surface area contributed by atoms with Crippen LogP contribution in [0.2, 0.25) is 10.4 Å². The minimum atomic E-state index is -2.86. The first kappa shape index (κ1) is 19.2. The summed E-state index contributed by atoms with van der Waals surface area (Å²) in [5.74, 6) is 0.518. The van der Waals surface area contributed by atoms with Crippen molar-refractivity contribution in [3.63, 3.8) is 0 Å². The van der Waals surface area contributed by atoms with Crippen LogP contribution in [0.3, 0.4) is 0 Å². The lowest BCUT2D eigenvalue weighted by atomic mass is 10.1. The second-order valence-electron chi connectivity index (χ2n) is 5.48. The predicted octanol–water partition coefficient (Wildman–Crippen LogP) is 3.82. The molecule has 0 aliphatic carbocycles. The number of hydrogen-bond donors (Lipinski definition) is 2. The van der Waals surface area contributed by atoms with Gasteiger partial charge in [0, 0.05) is 10.9 Å². The molecule has 0 fully saturated rings. The summed E-state index contributed by atoms with van der Waals surface area (Å²) >= 11 is 14.0. The van der Waals surface area contributed by atoms with E-state index in [0.717, 1.165) is 4.88 Å². The second kappa shape index (κ2) is 8.45. The molecular weight excluding hydrogens is 407 g/mol. The molecule has 0 aliphatic rings. The first-order valence-electron chi connectivity index (χ1n) is 7.59. The van der Waals surface area contributed by atoms with Crippen molar-refractivity contribution in [2.75, 3.05) is 11.9 Å². The standard InChI is InChI=1S/C15H15Cl2F2N5OS/c16-12-8(4-9(20)7-25-15(18)19)5-11-13(22-14(17)23-24(11)12)21-6-10-2-1-3-26-10/h1-3,5,9,15H,4,6-7,20H2,(H,21,22,23)/t9-/m1/s1. The van der Waals surface area contributed by atoms with Crippen molar-refractivity contribution < 1.29 is 13.5 Å². The smallest absolute Gasteiger partial charge is 0.345 e.